The molecule has 0 aromatic heterocycles. The third-order valence-corrected chi connectivity index (χ3v) is 25.8. The molecular weight excluding hydrogens is 427 g/mol. The van der Waals surface area contributed by atoms with Crippen molar-refractivity contribution in [1.29, 1.82) is 0 Å². The van der Waals surface area contributed by atoms with E-state index in [2.05, 4.69) is 49.6 Å². The Kier molecular flexibility index (Phi) is 7.33. The van der Waals surface area contributed by atoms with Gasteiger partial charge in [-0.2, -0.15) is 0 Å². The Balaban J connectivity index is 2.84. The Hall–Kier alpha value is 0.385. The van der Waals surface area contributed by atoms with Crippen LogP contribution in [0.2, 0.25) is 33.2 Å². The van der Waals surface area contributed by atoms with Gasteiger partial charge in [0.2, 0.25) is 0 Å². The molecule has 0 saturated heterocycles. The van der Waals surface area contributed by atoms with E-state index in [-0.39, 0.29) is 0 Å². The van der Waals surface area contributed by atoms with Crippen LogP contribution in [0.5, 0.6) is 0 Å². The third kappa shape index (κ3) is 5.01. The quantitative estimate of drug-likeness (QED) is 0.335. The first-order valence-corrected chi connectivity index (χ1v) is 17.9. The van der Waals surface area contributed by atoms with E-state index >= 15 is 0 Å². The predicted molar refractivity (Wildman–Crippen MR) is 89.4 cm³/mol. The van der Waals surface area contributed by atoms with Gasteiger partial charge in [0.25, 0.3) is 0 Å². The summed E-state index contributed by atoms with van der Waals surface area (Å²) in [6, 6.07) is 4.76. The zero-order valence-electron chi connectivity index (χ0n) is 13.7. The van der Waals surface area contributed by atoms with Gasteiger partial charge in [0.05, 0.1) is 0 Å². The first-order chi connectivity index (χ1) is 8.99. The van der Waals surface area contributed by atoms with Crippen molar-refractivity contribution < 1.29 is 16.1 Å². The number of hydrogen-bond acceptors (Lipinski definition) is 0. The van der Waals surface area contributed by atoms with Crippen molar-refractivity contribution in [3.63, 3.8) is 0 Å². The minimum absolute atomic E-state index is 0.987. The summed E-state index contributed by atoms with van der Waals surface area (Å²) in [5.74, 6) is 0. The molecule has 0 bridgehead atoms. The summed E-state index contributed by atoms with van der Waals surface area (Å²) in [5, 5.41) is 5.35. The van der Waals surface area contributed by atoms with Gasteiger partial charge in [-0.3, -0.25) is 0 Å². The molecule has 0 heterocycles. The van der Waals surface area contributed by atoms with Crippen LogP contribution in [0.1, 0.15) is 46.5 Å². The van der Waals surface area contributed by atoms with Gasteiger partial charge in [-0.1, -0.05) is 0 Å². The topological polar surface area (TPSA) is 0 Å². The Morgan fingerprint density at radius 2 is 1.53 bits per heavy atom. The second-order valence-electron chi connectivity index (χ2n) is 6.26. The average Bonchev–Trinajstić information content (AvgIpc) is 2.83. The molecule has 0 saturated carbocycles. The molecule has 0 radical (unpaired) electrons. The van der Waals surface area contributed by atoms with Gasteiger partial charge in [0.15, 0.2) is 0 Å². The van der Waals surface area contributed by atoms with E-state index in [0.717, 1.165) is 0 Å². The standard InChI is InChI=1S/C10H23Si.C5H5.2CH3.Pt/c1-5-8-11(4,9-6-2)10-7-3;1-2-4-5-3-1;;;/h4-10H2,1-3H3;1-3H,4H2;2*1H3;. The molecule has 19 heavy (non-hydrogen) atoms. The molecule has 116 valence electrons. The van der Waals surface area contributed by atoms with Gasteiger partial charge in [-0.25, -0.2) is 0 Å². The summed E-state index contributed by atoms with van der Waals surface area (Å²) in [4.78, 5) is 0. The number of allylic oxidation sites excluding steroid dienone is 4. The van der Waals surface area contributed by atoms with Crippen LogP contribution in [0, 0.1) is 0 Å². The van der Waals surface area contributed by atoms with Crippen LogP contribution in [-0.2, 0) is 16.1 Å². The molecule has 0 fully saturated rings. The van der Waals surface area contributed by atoms with Gasteiger partial charge in [0, 0.05) is 0 Å². The van der Waals surface area contributed by atoms with Gasteiger partial charge in [0.1, 0.15) is 0 Å². The molecule has 0 atom stereocenters. The molecule has 0 unspecified atom stereocenters. The summed E-state index contributed by atoms with van der Waals surface area (Å²) < 4.78 is 3.54. The van der Waals surface area contributed by atoms with Gasteiger partial charge >= 0.3 is 126 Å². The molecule has 0 spiro atoms. The maximum atomic E-state index is 2.68. The van der Waals surface area contributed by atoms with Gasteiger partial charge < -0.3 is 0 Å². The van der Waals surface area contributed by atoms with Gasteiger partial charge in [-0.15, -0.1) is 0 Å². The fourth-order valence-corrected chi connectivity index (χ4v) is 29.8. The molecule has 1 aliphatic rings. The Morgan fingerprint density at radius 1 is 1.00 bits per heavy atom. The minimum atomic E-state index is -1.63. The fourth-order valence-electron chi connectivity index (χ4n) is 3.52. The molecule has 1 aliphatic carbocycles. The van der Waals surface area contributed by atoms with Crippen molar-refractivity contribution in [2.75, 3.05) is 0 Å². The van der Waals surface area contributed by atoms with Crippen LogP contribution < -0.4 is 0 Å². The van der Waals surface area contributed by atoms with Crippen molar-refractivity contribution >= 4 is 8.07 Å². The van der Waals surface area contributed by atoms with Crippen molar-refractivity contribution in [3.05, 3.63) is 22.2 Å². The fraction of sp³-hybridized carbons (Fsp3) is 0.765. The van der Waals surface area contributed by atoms with E-state index in [0.29, 0.717) is 0 Å². The molecule has 1 rings (SSSR count). The molecule has 2 heteroatoms. The number of rotatable bonds is 9. The predicted octanol–water partition coefficient (Wildman–Crippen LogP) is 6.72. The second-order valence-corrected chi connectivity index (χ2v) is 23.4. The molecular formula is C17H34PtSi. The molecule has 0 N–H and O–H groups in total. The monoisotopic (exact) mass is 461 g/mol. The summed E-state index contributed by atoms with van der Waals surface area (Å²) >= 11 is -1.63. The summed E-state index contributed by atoms with van der Waals surface area (Å²) in [5.41, 5.74) is 0. The van der Waals surface area contributed by atoms with Crippen LogP contribution in [0.25, 0.3) is 0 Å². The van der Waals surface area contributed by atoms with E-state index in [1.807, 2.05) is 3.96 Å². The first-order valence-electron chi connectivity index (χ1n) is 7.77. The van der Waals surface area contributed by atoms with Crippen LogP contribution in [0.15, 0.2) is 22.2 Å². The molecule has 0 nitrogen and oxygen atoms in total. The normalized spacial score (nSPS) is 16.8. The van der Waals surface area contributed by atoms with Crippen molar-refractivity contribution in [2.24, 2.45) is 0 Å². The van der Waals surface area contributed by atoms with Crippen LogP contribution in [0.4, 0.5) is 0 Å². The SMILES string of the molecule is CCC[Si](CCC)(CCC)[CH2][Pt]([CH3])([CH3])[C]1=CC=CC1. The maximum absolute atomic E-state index is 2.68. The van der Waals surface area contributed by atoms with Gasteiger partial charge in [-0.05, 0) is 0 Å². The summed E-state index contributed by atoms with van der Waals surface area (Å²) in [6.45, 7) is 7.22. The molecule has 0 amide bonds. The van der Waals surface area contributed by atoms with Crippen LogP contribution in [0.3, 0.4) is 0 Å². The summed E-state index contributed by atoms with van der Waals surface area (Å²) in [7, 11) is -0.987. The zero-order chi connectivity index (χ0) is 14.4. The van der Waals surface area contributed by atoms with E-state index in [4.69, 9.17) is 0 Å². The Labute approximate surface area is 126 Å². The third-order valence-electron chi connectivity index (χ3n) is 4.11. The van der Waals surface area contributed by atoms with Crippen molar-refractivity contribution in [3.8, 4) is 0 Å². The van der Waals surface area contributed by atoms with Crippen molar-refractivity contribution in [1.82, 2.24) is 0 Å². The second kappa shape index (κ2) is 7.98. The van der Waals surface area contributed by atoms with E-state index < -0.39 is 24.1 Å². The Morgan fingerprint density at radius 3 is 1.89 bits per heavy atom. The van der Waals surface area contributed by atoms with E-state index in [9.17, 15) is 0 Å². The molecule has 0 aromatic carbocycles. The Bertz CT molecular complexity index is 311. The van der Waals surface area contributed by atoms with Crippen molar-refractivity contribution in [2.45, 2.75) is 79.6 Å². The number of hydrogen-bond donors (Lipinski definition) is 0. The summed E-state index contributed by atoms with van der Waals surface area (Å²) in [6.07, 6.45) is 12.6. The van der Waals surface area contributed by atoms with Crippen LogP contribution >= 0.6 is 0 Å². The molecule has 0 aliphatic heterocycles. The average molecular weight is 462 g/mol. The van der Waals surface area contributed by atoms with E-state index in [1.54, 1.807) is 22.6 Å². The zero-order valence-corrected chi connectivity index (χ0v) is 17.0. The van der Waals surface area contributed by atoms with E-state index in [1.165, 1.54) is 25.7 Å². The van der Waals surface area contributed by atoms with Crippen LogP contribution in [-0.4, -0.2) is 8.07 Å². The molecule has 0 aromatic rings. The first kappa shape index (κ1) is 17.4.